The molecule has 3 rings (SSSR count). The van der Waals surface area contributed by atoms with E-state index in [-0.39, 0.29) is 11.7 Å². The van der Waals surface area contributed by atoms with Crippen molar-refractivity contribution in [2.45, 2.75) is 13.0 Å². The summed E-state index contributed by atoms with van der Waals surface area (Å²) in [6.07, 6.45) is 5.25. The molecular weight excluding hydrogens is 242 g/mol. The molecule has 0 saturated heterocycles. The van der Waals surface area contributed by atoms with Crippen molar-refractivity contribution in [2.24, 2.45) is 0 Å². The van der Waals surface area contributed by atoms with Crippen molar-refractivity contribution in [1.82, 2.24) is 14.9 Å². The number of carbonyl (C=O) groups excluding carboxylic acids is 1. The molecule has 1 aliphatic rings. The summed E-state index contributed by atoms with van der Waals surface area (Å²) in [5.41, 5.74) is 2.67. The van der Waals surface area contributed by atoms with E-state index in [0.717, 1.165) is 12.0 Å². The average Bonchev–Trinajstić information content (AvgIpc) is 2.46. The van der Waals surface area contributed by atoms with Gasteiger partial charge in [0.2, 0.25) is 0 Å². The van der Waals surface area contributed by atoms with Gasteiger partial charge < -0.3 is 10.0 Å². The highest BCUT2D eigenvalue weighted by Crippen LogP contribution is 2.23. The van der Waals surface area contributed by atoms with Crippen molar-refractivity contribution < 1.29 is 9.90 Å². The SMILES string of the molecule is O=C(c1cncnc1)N1CCc2ccc(O)cc2C1. The molecule has 2 heterocycles. The van der Waals surface area contributed by atoms with E-state index in [0.29, 0.717) is 18.7 Å². The topological polar surface area (TPSA) is 66.3 Å². The van der Waals surface area contributed by atoms with Gasteiger partial charge in [-0.25, -0.2) is 9.97 Å². The second kappa shape index (κ2) is 4.68. The smallest absolute Gasteiger partial charge is 0.257 e. The van der Waals surface area contributed by atoms with Crippen LogP contribution in [0, 0.1) is 0 Å². The molecule has 0 spiro atoms. The quantitative estimate of drug-likeness (QED) is 0.836. The largest absolute Gasteiger partial charge is 0.508 e. The second-order valence-corrected chi connectivity index (χ2v) is 4.56. The molecule has 0 bridgehead atoms. The number of hydrogen-bond donors (Lipinski definition) is 1. The normalized spacial score (nSPS) is 14.0. The first-order chi connectivity index (χ1) is 9.24. The lowest BCUT2D eigenvalue weighted by atomic mass is 9.99. The minimum absolute atomic E-state index is 0.0745. The van der Waals surface area contributed by atoms with Gasteiger partial charge in [-0.05, 0) is 29.7 Å². The monoisotopic (exact) mass is 255 g/mol. The second-order valence-electron chi connectivity index (χ2n) is 4.56. The summed E-state index contributed by atoms with van der Waals surface area (Å²) in [5, 5.41) is 9.51. The van der Waals surface area contributed by atoms with Gasteiger partial charge in [0, 0.05) is 25.5 Å². The summed E-state index contributed by atoms with van der Waals surface area (Å²) >= 11 is 0. The van der Waals surface area contributed by atoms with E-state index in [9.17, 15) is 9.90 Å². The van der Waals surface area contributed by atoms with Gasteiger partial charge in [-0.1, -0.05) is 6.07 Å². The summed E-state index contributed by atoms with van der Waals surface area (Å²) in [7, 11) is 0. The van der Waals surface area contributed by atoms with E-state index in [1.165, 1.54) is 24.3 Å². The number of aromatic hydroxyl groups is 1. The van der Waals surface area contributed by atoms with E-state index in [2.05, 4.69) is 9.97 Å². The predicted molar refractivity (Wildman–Crippen MR) is 68.6 cm³/mol. The maximum Gasteiger partial charge on any atom is 0.257 e. The molecule has 1 aromatic carbocycles. The molecule has 1 aromatic heterocycles. The van der Waals surface area contributed by atoms with Gasteiger partial charge in [-0.2, -0.15) is 0 Å². The van der Waals surface area contributed by atoms with Crippen LogP contribution < -0.4 is 0 Å². The molecule has 0 aliphatic carbocycles. The summed E-state index contributed by atoms with van der Waals surface area (Å²) in [5.74, 6) is 0.158. The highest BCUT2D eigenvalue weighted by Gasteiger charge is 2.22. The molecule has 5 heteroatoms. The van der Waals surface area contributed by atoms with E-state index >= 15 is 0 Å². The van der Waals surface area contributed by atoms with Crippen LogP contribution in [0.1, 0.15) is 21.5 Å². The average molecular weight is 255 g/mol. The lowest BCUT2D eigenvalue weighted by molar-refractivity contribution is 0.0733. The fraction of sp³-hybridized carbons (Fsp3) is 0.214. The highest BCUT2D eigenvalue weighted by atomic mass is 16.3. The standard InChI is InChI=1S/C14H13N3O2/c18-13-2-1-10-3-4-17(8-11(10)5-13)14(19)12-6-15-9-16-7-12/h1-2,5-7,9,18H,3-4,8H2. The molecule has 96 valence electrons. The molecule has 2 aromatic rings. The first-order valence-corrected chi connectivity index (χ1v) is 6.09. The number of hydrogen-bond acceptors (Lipinski definition) is 4. The van der Waals surface area contributed by atoms with Crippen molar-refractivity contribution in [2.75, 3.05) is 6.54 Å². The number of amides is 1. The third-order valence-electron chi connectivity index (χ3n) is 3.30. The molecule has 0 unspecified atom stereocenters. The Balaban J connectivity index is 1.84. The number of phenols is 1. The maximum absolute atomic E-state index is 12.3. The van der Waals surface area contributed by atoms with Crippen LogP contribution in [0.3, 0.4) is 0 Å². The zero-order valence-electron chi connectivity index (χ0n) is 10.3. The number of nitrogens with zero attached hydrogens (tertiary/aromatic N) is 3. The van der Waals surface area contributed by atoms with Gasteiger partial charge in [0.25, 0.3) is 5.91 Å². The number of benzene rings is 1. The molecule has 0 radical (unpaired) electrons. The van der Waals surface area contributed by atoms with E-state index < -0.39 is 0 Å². The van der Waals surface area contributed by atoms with Gasteiger partial charge in [-0.15, -0.1) is 0 Å². The lowest BCUT2D eigenvalue weighted by Gasteiger charge is -2.28. The summed E-state index contributed by atoms with van der Waals surface area (Å²) in [4.78, 5) is 21.7. The van der Waals surface area contributed by atoms with Gasteiger partial charge in [0.15, 0.2) is 0 Å². The molecule has 1 amide bonds. The van der Waals surface area contributed by atoms with Crippen molar-refractivity contribution in [3.8, 4) is 5.75 Å². The Labute approximate surface area is 110 Å². The molecule has 1 aliphatic heterocycles. The zero-order chi connectivity index (χ0) is 13.2. The number of fused-ring (bicyclic) bond motifs is 1. The highest BCUT2D eigenvalue weighted by molar-refractivity contribution is 5.93. The third-order valence-corrected chi connectivity index (χ3v) is 3.30. The van der Waals surface area contributed by atoms with Crippen molar-refractivity contribution in [3.05, 3.63) is 53.6 Å². The first kappa shape index (κ1) is 11.6. The molecular formula is C14H13N3O2. The van der Waals surface area contributed by atoms with Gasteiger partial charge in [-0.3, -0.25) is 4.79 Å². The van der Waals surface area contributed by atoms with Crippen LogP contribution in [0.5, 0.6) is 5.75 Å². The predicted octanol–water partition coefficient (Wildman–Crippen LogP) is 1.38. The minimum Gasteiger partial charge on any atom is -0.508 e. The Hall–Kier alpha value is -2.43. The van der Waals surface area contributed by atoms with Crippen LogP contribution in [-0.2, 0) is 13.0 Å². The van der Waals surface area contributed by atoms with Crippen LogP contribution in [0.4, 0.5) is 0 Å². The van der Waals surface area contributed by atoms with Gasteiger partial charge in [0.05, 0.1) is 5.56 Å². The third kappa shape index (κ3) is 2.27. The van der Waals surface area contributed by atoms with E-state index in [4.69, 9.17) is 0 Å². The van der Waals surface area contributed by atoms with Crippen molar-refractivity contribution >= 4 is 5.91 Å². The summed E-state index contributed by atoms with van der Waals surface area (Å²) in [6.45, 7) is 1.18. The van der Waals surface area contributed by atoms with Crippen LogP contribution >= 0.6 is 0 Å². The fourth-order valence-corrected chi connectivity index (χ4v) is 2.31. The molecule has 19 heavy (non-hydrogen) atoms. The zero-order valence-corrected chi connectivity index (χ0v) is 10.3. The Kier molecular flexibility index (Phi) is 2.87. The number of carbonyl (C=O) groups is 1. The van der Waals surface area contributed by atoms with E-state index in [1.54, 1.807) is 17.0 Å². The molecule has 0 fully saturated rings. The Bertz CT molecular complexity index is 613. The Morgan fingerprint density at radius 2 is 2.00 bits per heavy atom. The Morgan fingerprint density at radius 1 is 1.21 bits per heavy atom. The number of aromatic nitrogens is 2. The van der Waals surface area contributed by atoms with Crippen LogP contribution in [-0.4, -0.2) is 32.4 Å². The van der Waals surface area contributed by atoms with Crippen LogP contribution in [0.15, 0.2) is 36.9 Å². The van der Waals surface area contributed by atoms with Gasteiger partial charge >= 0.3 is 0 Å². The van der Waals surface area contributed by atoms with E-state index in [1.807, 2.05) is 6.07 Å². The molecule has 0 atom stereocenters. The van der Waals surface area contributed by atoms with Crippen LogP contribution in [0.25, 0.3) is 0 Å². The number of rotatable bonds is 1. The molecule has 0 saturated carbocycles. The number of phenolic OH excluding ortho intramolecular Hbond substituents is 1. The van der Waals surface area contributed by atoms with Gasteiger partial charge in [0.1, 0.15) is 12.1 Å². The summed E-state index contributed by atoms with van der Waals surface area (Å²) < 4.78 is 0. The minimum atomic E-state index is -0.0745. The molecule has 5 nitrogen and oxygen atoms in total. The van der Waals surface area contributed by atoms with Crippen molar-refractivity contribution in [1.29, 1.82) is 0 Å². The summed E-state index contributed by atoms with van der Waals surface area (Å²) in [6, 6.07) is 5.32. The van der Waals surface area contributed by atoms with Crippen molar-refractivity contribution in [3.63, 3.8) is 0 Å². The van der Waals surface area contributed by atoms with Crippen LogP contribution in [0.2, 0.25) is 0 Å². The lowest BCUT2D eigenvalue weighted by Crippen LogP contribution is -2.36. The maximum atomic E-state index is 12.3. The fourth-order valence-electron chi connectivity index (χ4n) is 2.31. The molecule has 1 N–H and O–H groups in total. The first-order valence-electron chi connectivity index (χ1n) is 6.09. The Morgan fingerprint density at radius 3 is 2.79 bits per heavy atom.